The summed E-state index contributed by atoms with van der Waals surface area (Å²) >= 11 is 0. The van der Waals surface area contributed by atoms with Crippen LogP contribution in [0.3, 0.4) is 0 Å². The van der Waals surface area contributed by atoms with E-state index in [1.54, 1.807) is 6.92 Å². The lowest BCUT2D eigenvalue weighted by Crippen LogP contribution is -2.30. The average Bonchev–Trinajstić information content (AvgIpc) is 2.62. The van der Waals surface area contributed by atoms with Crippen LogP contribution in [0.5, 0.6) is 0 Å². The Hall–Kier alpha value is -1.15. The summed E-state index contributed by atoms with van der Waals surface area (Å²) in [5, 5.41) is 3.41. The molecule has 1 aromatic carbocycles. The fourth-order valence-corrected chi connectivity index (χ4v) is 2.33. The molecular formula is C13H17NO. The van der Waals surface area contributed by atoms with Crippen LogP contribution < -0.4 is 5.32 Å². The first-order valence-corrected chi connectivity index (χ1v) is 5.50. The summed E-state index contributed by atoms with van der Waals surface area (Å²) in [6, 6.07) is 10.7. The summed E-state index contributed by atoms with van der Waals surface area (Å²) in [4.78, 5) is 11.3. The van der Waals surface area contributed by atoms with Gasteiger partial charge in [0.1, 0.15) is 5.78 Å². The lowest BCUT2D eigenvalue weighted by molar-refractivity contribution is -0.118. The molecule has 1 fully saturated rings. The van der Waals surface area contributed by atoms with Crippen molar-refractivity contribution in [1.82, 2.24) is 5.32 Å². The van der Waals surface area contributed by atoms with Crippen LogP contribution in [-0.4, -0.2) is 11.8 Å². The van der Waals surface area contributed by atoms with Crippen LogP contribution in [0.2, 0.25) is 0 Å². The molecule has 0 aromatic heterocycles. The number of nitrogens with one attached hydrogen (secondary N) is 1. The fraction of sp³-hybridized carbons (Fsp3) is 0.462. The van der Waals surface area contributed by atoms with Crippen LogP contribution in [0, 0.1) is 5.92 Å². The maximum atomic E-state index is 11.3. The van der Waals surface area contributed by atoms with Gasteiger partial charge in [-0.05, 0) is 24.8 Å². The van der Waals surface area contributed by atoms with Gasteiger partial charge in [-0.1, -0.05) is 37.3 Å². The van der Waals surface area contributed by atoms with Crippen LogP contribution >= 0.6 is 0 Å². The summed E-state index contributed by atoms with van der Waals surface area (Å²) in [6.07, 6.45) is 0.953. The number of carbonyl (C=O) groups is 1. The van der Waals surface area contributed by atoms with E-state index in [9.17, 15) is 4.79 Å². The zero-order valence-corrected chi connectivity index (χ0v) is 9.23. The molecule has 0 amide bonds. The van der Waals surface area contributed by atoms with Gasteiger partial charge in [-0.3, -0.25) is 4.79 Å². The largest absolute Gasteiger partial charge is 0.300 e. The molecule has 0 aliphatic carbocycles. The predicted molar refractivity (Wildman–Crippen MR) is 60.6 cm³/mol. The number of Topliss-reactive ketones (excluding diaryl/α,β-unsaturated/α-hetero) is 1. The number of rotatable bonds is 2. The third-order valence-corrected chi connectivity index (χ3v) is 3.21. The average molecular weight is 203 g/mol. The van der Waals surface area contributed by atoms with Crippen LogP contribution in [0.15, 0.2) is 30.3 Å². The van der Waals surface area contributed by atoms with E-state index in [1.807, 2.05) is 18.2 Å². The van der Waals surface area contributed by atoms with Crippen LogP contribution in [-0.2, 0) is 4.79 Å². The zero-order valence-electron chi connectivity index (χ0n) is 9.23. The Kier molecular flexibility index (Phi) is 2.87. The lowest BCUT2D eigenvalue weighted by atomic mass is 9.95. The van der Waals surface area contributed by atoms with Crippen molar-refractivity contribution in [2.24, 2.45) is 5.92 Å². The third kappa shape index (κ3) is 2.10. The normalized spacial score (nSPS) is 30.4. The van der Waals surface area contributed by atoms with E-state index in [0.717, 1.165) is 6.42 Å². The molecule has 0 radical (unpaired) electrons. The predicted octanol–water partition coefficient (Wildman–Crippen LogP) is 2.31. The van der Waals surface area contributed by atoms with E-state index in [1.165, 1.54) is 5.56 Å². The summed E-state index contributed by atoms with van der Waals surface area (Å²) < 4.78 is 0. The van der Waals surface area contributed by atoms with Gasteiger partial charge in [0.2, 0.25) is 0 Å². The molecule has 1 heterocycles. The Morgan fingerprint density at radius 3 is 2.53 bits per heavy atom. The van der Waals surface area contributed by atoms with E-state index in [0.29, 0.717) is 12.0 Å². The minimum absolute atomic E-state index is 0.0465. The minimum atomic E-state index is 0.0465. The Morgan fingerprint density at radius 2 is 2.00 bits per heavy atom. The second kappa shape index (κ2) is 4.15. The highest BCUT2D eigenvalue weighted by Gasteiger charge is 2.33. The minimum Gasteiger partial charge on any atom is -0.300 e. The third-order valence-electron chi connectivity index (χ3n) is 3.21. The fourth-order valence-electron chi connectivity index (χ4n) is 2.33. The molecule has 0 unspecified atom stereocenters. The summed E-state index contributed by atoms with van der Waals surface area (Å²) in [5.41, 5.74) is 1.29. The topological polar surface area (TPSA) is 29.1 Å². The molecule has 0 bridgehead atoms. The standard InChI is InChI=1S/C13H17NO/c1-9-8-12(10(2)15)14-13(9)11-6-4-3-5-7-11/h3-7,9,12-14H,8H2,1-2H3/t9-,12-,13+/m0/s1. The van der Waals surface area contributed by atoms with Crippen molar-refractivity contribution in [3.8, 4) is 0 Å². The molecule has 1 N–H and O–H groups in total. The SMILES string of the molecule is CC(=O)[C@@H]1C[C@H](C)[C@H](c2ccccc2)N1. The van der Waals surface area contributed by atoms with Gasteiger partial charge in [-0.2, -0.15) is 0 Å². The van der Waals surface area contributed by atoms with E-state index in [4.69, 9.17) is 0 Å². The maximum absolute atomic E-state index is 11.3. The molecular weight excluding hydrogens is 186 g/mol. The van der Waals surface area contributed by atoms with Crippen molar-refractivity contribution >= 4 is 5.78 Å². The van der Waals surface area contributed by atoms with E-state index in [2.05, 4.69) is 24.4 Å². The second-order valence-electron chi connectivity index (χ2n) is 4.43. The molecule has 2 nitrogen and oxygen atoms in total. The summed E-state index contributed by atoms with van der Waals surface area (Å²) in [7, 11) is 0. The smallest absolute Gasteiger partial charge is 0.146 e. The molecule has 80 valence electrons. The van der Waals surface area contributed by atoms with Crippen LogP contribution in [0.1, 0.15) is 31.9 Å². The summed E-state index contributed by atoms with van der Waals surface area (Å²) in [5.74, 6) is 0.779. The number of carbonyl (C=O) groups excluding carboxylic acids is 1. The Morgan fingerprint density at radius 1 is 1.33 bits per heavy atom. The molecule has 1 aliphatic rings. The Bertz CT molecular complexity index is 347. The van der Waals surface area contributed by atoms with Crippen LogP contribution in [0.4, 0.5) is 0 Å². The van der Waals surface area contributed by atoms with E-state index < -0.39 is 0 Å². The highest BCUT2D eigenvalue weighted by atomic mass is 16.1. The van der Waals surface area contributed by atoms with Gasteiger partial charge in [-0.15, -0.1) is 0 Å². The Labute approximate surface area is 90.7 Å². The molecule has 2 heteroatoms. The van der Waals surface area contributed by atoms with Crippen molar-refractivity contribution in [2.45, 2.75) is 32.4 Å². The molecule has 15 heavy (non-hydrogen) atoms. The highest BCUT2D eigenvalue weighted by Crippen LogP contribution is 2.32. The molecule has 2 rings (SSSR count). The van der Waals surface area contributed by atoms with E-state index >= 15 is 0 Å². The van der Waals surface area contributed by atoms with E-state index in [-0.39, 0.29) is 11.8 Å². The van der Waals surface area contributed by atoms with Crippen molar-refractivity contribution in [2.75, 3.05) is 0 Å². The molecule has 1 aromatic rings. The maximum Gasteiger partial charge on any atom is 0.146 e. The van der Waals surface area contributed by atoms with Crippen molar-refractivity contribution < 1.29 is 4.79 Å². The van der Waals surface area contributed by atoms with Gasteiger partial charge in [0.05, 0.1) is 6.04 Å². The monoisotopic (exact) mass is 203 g/mol. The molecule has 3 atom stereocenters. The molecule has 0 spiro atoms. The number of hydrogen-bond donors (Lipinski definition) is 1. The van der Waals surface area contributed by atoms with Crippen molar-refractivity contribution in [3.63, 3.8) is 0 Å². The van der Waals surface area contributed by atoms with Gasteiger partial charge in [0.25, 0.3) is 0 Å². The molecule has 0 saturated carbocycles. The second-order valence-corrected chi connectivity index (χ2v) is 4.43. The lowest BCUT2D eigenvalue weighted by Gasteiger charge is -2.16. The van der Waals surface area contributed by atoms with Gasteiger partial charge >= 0.3 is 0 Å². The zero-order chi connectivity index (χ0) is 10.8. The molecule has 1 aliphatic heterocycles. The van der Waals surface area contributed by atoms with Crippen molar-refractivity contribution in [1.29, 1.82) is 0 Å². The van der Waals surface area contributed by atoms with Gasteiger partial charge in [0.15, 0.2) is 0 Å². The number of hydrogen-bond acceptors (Lipinski definition) is 2. The summed E-state index contributed by atoms with van der Waals surface area (Å²) in [6.45, 7) is 3.87. The van der Waals surface area contributed by atoms with Gasteiger partial charge in [-0.25, -0.2) is 0 Å². The Balaban J connectivity index is 2.15. The van der Waals surface area contributed by atoms with Crippen LogP contribution in [0.25, 0.3) is 0 Å². The van der Waals surface area contributed by atoms with Crippen molar-refractivity contribution in [3.05, 3.63) is 35.9 Å². The highest BCUT2D eigenvalue weighted by molar-refractivity contribution is 5.81. The van der Waals surface area contributed by atoms with Gasteiger partial charge < -0.3 is 5.32 Å². The first-order valence-electron chi connectivity index (χ1n) is 5.50. The first kappa shape index (κ1) is 10.4. The quantitative estimate of drug-likeness (QED) is 0.799. The first-order chi connectivity index (χ1) is 7.18. The number of benzene rings is 1. The van der Waals surface area contributed by atoms with Gasteiger partial charge in [0, 0.05) is 6.04 Å². The molecule has 1 saturated heterocycles. The number of ketones is 1.